The second-order valence-corrected chi connectivity index (χ2v) is 4.80. The fraction of sp³-hybridized carbons (Fsp3) is 0.308. The average Bonchev–Trinajstić information content (AvgIpc) is 3.05. The lowest BCUT2D eigenvalue weighted by Crippen LogP contribution is -2.09. The summed E-state index contributed by atoms with van der Waals surface area (Å²) in [6, 6.07) is 0. The molecule has 0 saturated carbocycles. The molecule has 5 nitrogen and oxygen atoms in total. The molecule has 0 atom stereocenters. The molecular formula is C13H15N3O2S. The first-order valence-electron chi connectivity index (χ1n) is 5.99. The first kappa shape index (κ1) is 13.5. The summed E-state index contributed by atoms with van der Waals surface area (Å²) in [7, 11) is 0. The number of hydrogen-bond donors (Lipinski definition) is 0. The number of rotatable bonds is 6. The van der Waals surface area contributed by atoms with Crippen LogP contribution in [-0.4, -0.2) is 20.7 Å². The fourth-order valence-electron chi connectivity index (χ4n) is 1.47. The van der Waals surface area contributed by atoms with Gasteiger partial charge in [-0.15, -0.1) is 11.3 Å². The van der Waals surface area contributed by atoms with Crippen molar-refractivity contribution in [3.8, 4) is 10.6 Å². The Balaban J connectivity index is 1.98. The van der Waals surface area contributed by atoms with Crippen LogP contribution in [-0.2, 0) is 16.3 Å². The summed E-state index contributed by atoms with van der Waals surface area (Å²) in [6.07, 6.45) is 6.44. The third kappa shape index (κ3) is 3.51. The maximum atomic E-state index is 11.3. The number of thiazole rings is 1. The molecule has 0 aliphatic heterocycles. The Kier molecular flexibility index (Phi) is 4.46. The van der Waals surface area contributed by atoms with E-state index in [1.165, 1.54) is 11.3 Å². The van der Waals surface area contributed by atoms with E-state index in [1.54, 1.807) is 17.0 Å². The highest BCUT2D eigenvalue weighted by Crippen LogP contribution is 2.23. The molecular weight excluding hydrogens is 262 g/mol. The zero-order chi connectivity index (χ0) is 13.7. The molecule has 0 N–H and O–H groups in total. The highest BCUT2D eigenvalue weighted by Gasteiger charge is 2.07. The van der Waals surface area contributed by atoms with Gasteiger partial charge in [0.1, 0.15) is 5.01 Å². The van der Waals surface area contributed by atoms with Crippen LogP contribution in [0.4, 0.5) is 0 Å². The van der Waals surface area contributed by atoms with Gasteiger partial charge in [-0.2, -0.15) is 5.10 Å². The minimum absolute atomic E-state index is 0.137. The van der Waals surface area contributed by atoms with E-state index in [4.69, 9.17) is 4.74 Å². The van der Waals surface area contributed by atoms with Crippen LogP contribution in [0.15, 0.2) is 24.4 Å². The molecule has 0 fully saturated rings. The molecule has 100 valence electrons. The first-order valence-corrected chi connectivity index (χ1v) is 6.87. The lowest BCUT2D eigenvalue weighted by Gasteiger charge is -2.02. The van der Waals surface area contributed by atoms with Crippen LogP contribution in [0.5, 0.6) is 0 Å². The number of nitrogens with zero attached hydrogens (tertiary/aromatic N) is 3. The molecule has 2 heterocycles. The van der Waals surface area contributed by atoms with Crippen molar-refractivity contribution in [2.75, 3.05) is 0 Å². The van der Waals surface area contributed by atoms with Crippen LogP contribution < -0.4 is 0 Å². The highest BCUT2D eigenvalue weighted by molar-refractivity contribution is 7.13. The van der Waals surface area contributed by atoms with Gasteiger partial charge in [-0.25, -0.2) is 9.67 Å². The molecule has 0 aliphatic rings. The first-order chi connectivity index (χ1) is 9.22. The van der Waals surface area contributed by atoms with Crippen molar-refractivity contribution in [1.82, 2.24) is 14.8 Å². The summed E-state index contributed by atoms with van der Waals surface area (Å²) >= 11 is 1.53. The van der Waals surface area contributed by atoms with Gasteiger partial charge in [-0.1, -0.05) is 13.5 Å². The van der Waals surface area contributed by atoms with Crippen LogP contribution in [0, 0.1) is 0 Å². The van der Waals surface area contributed by atoms with Crippen molar-refractivity contribution in [2.45, 2.75) is 26.5 Å². The van der Waals surface area contributed by atoms with Gasteiger partial charge >= 0.3 is 5.97 Å². The standard InChI is InChI=1S/C13H15N3O2S/c1-3-5-12(17)18-9-16-7-10(6-14-16)13-15-11(4-2)8-19-13/h4,6-8H,2-3,5,9H2,1H3. The molecule has 0 amide bonds. The number of hydrogen-bond acceptors (Lipinski definition) is 5. The second-order valence-electron chi connectivity index (χ2n) is 3.95. The lowest BCUT2D eigenvalue weighted by molar-refractivity contribution is -0.147. The number of aromatic nitrogens is 3. The van der Waals surface area contributed by atoms with Gasteiger partial charge in [0.15, 0.2) is 6.73 Å². The van der Waals surface area contributed by atoms with Gasteiger partial charge in [-0.05, 0) is 12.5 Å². The van der Waals surface area contributed by atoms with Crippen molar-refractivity contribution in [2.24, 2.45) is 0 Å². The van der Waals surface area contributed by atoms with Crippen LogP contribution >= 0.6 is 11.3 Å². The molecule has 19 heavy (non-hydrogen) atoms. The third-order valence-electron chi connectivity index (χ3n) is 2.42. The fourth-order valence-corrected chi connectivity index (χ4v) is 2.25. The molecule has 0 saturated heterocycles. The van der Waals surface area contributed by atoms with Crippen molar-refractivity contribution in [3.63, 3.8) is 0 Å². The largest absolute Gasteiger partial charge is 0.442 e. The van der Waals surface area contributed by atoms with Gasteiger partial charge in [0, 0.05) is 23.6 Å². The van der Waals surface area contributed by atoms with Crippen LogP contribution in [0.25, 0.3) is 16.6 Å². The molecule has 2 aromatic rings. The SMILES string of the molecule is C=Cc1csc(-c2cnn(COC(=O)CCC)c2)n1. The van der Waals surface area contributed by atoms with E-state index >= 15 is 0 Å². The van der Waals surface area contributed by atoms with Gasteiger partial charge in [-0.3, -0.25) is 4.79 Å². The van der Waals surface area contributed by atoms with Gasteiger partial charge in [0.25, 0.3) is 0 Å². The average molecular weight is 277 g/mol. The van der Waals surface area contributed by atoms with E-state index in [1.807, 2.05) is 18.5 Å². The molecule has 2 rings (SSSR count). The van der Waals surface area contributed by atoms with E-state index in [0.717, 1.165) is 22.7 Å². The molecule has 0 aromatic carbocycles. The molecule has 0 bridgehead atoms. The number of carbonyl (C=O) groups excluding carboxylic acids is 1. The van der Waals surface area contributed by atoms with Crippen LogP contribution in [0.2, 0.25) is 0 Å². The summed E-state index contributed by atoms with van der Waals surface area (Å²) in [5.41, 5.74) is 1.76. The molecule has 0 radical (unpaired) electrons. The zero-order valence-electron chi connectivity index (χ0n) is 10.7. The predicted molar refractivity (Wildman–Crippen MR) is 74.4 cm³/mol. The second kappa shape index (κ2) is 6.29. The lowest BCUT2D eigenvalue weighted by atomic mass is 10.3. The Bertz CT molecular complexity index is 574. The molecule has 0 unspecified atom stereocenters. The third-order valence-corrected chi connectivity index (χ3v) is 3.33. The Morgan fingerprint density at radius 1 is 1.63 bits per heavy atom. The number of ether oxygens (including phenoxy) is 1. The monoisotopic (exact) mass is 277 g/mol. The Morgan fingerprint density at radius 3 is 3.16 bits per heavy atom. The Morgan fingerprint density at radius 2 is 2.47 bits per heavy atom. The minimum Gasteiger partial charge on any atom is -0.442 e. The summed E-state index contributed by atoms with van der Waals surface area (Å²) in [6.45, 7) is 5.75. The van der Waals surface area contributed by atoms with Crippen molar-refractivity contribution in [3.05, 3.63) is 30.0 Å². The normalized spacial score (nSPS) is 10.4. The van der Waals surface area contributed by atoms with Gasteiger partial charge in [0.05, 0.1) is 11.9 Å². The number of carbonyl (C=O) groups is 1. The molecule has 2 aromatic heterocycles. The quantitative estimate of drug-likeness (QED) is 0.762. The van der Waals surface area contributed by atoms with E-state index in [-0.39, 0.29) is 12.7 Å². The topological polar surface area (TPSA) is 57.0 Å². The molecule has 6 heteroatoms. The number of esters is 1. The summed E-state index contributed by atoms with van der Waals surface area (Å²) in [5.74, 6) is -0.206. The highest BCUT2D eigenvalue weighted by atomic mass is 32.1. The van der Waals surface area contributed by atoms with E-state index in [0.29, 0.717) is 6.42 Å². The Labute approximate surface area is 115 Å². The van der Waals surface area contributed by atoms with Crippen molar-refractivity contribution >= 4 is 23.4 Å². The molecule has 0 aliphatic carbocycles. The predicted octanol–water partition coefficient (Wildman–Crippen LogP) is 2.95. The zero-order valence-corrected chi connectivity index (χ0v) is 11.5. The van der Waals surface area contributed by atoms with Crippen molar-refractivity contribution in [1.29, 1.82) is 0 Å². The van der Waals surface area contributed by atoms with Crippen LogP contribution in [0.1, 0.15) is 25.5 Å². The summed E-state index contributed by atoms with van der Waals surface area (Å²) in [4.78, 5) is 15.6. The Hall–Kier alpha value is -1.95. The maximum absolute atomic E-state index is 11.3. The van der Waals surface area contributed by atoms with Gasteiger partial charge in [0.2, 0.25) is 0 Å². The van der Waals surface area contributed by atoms with E-state index < -0.39 is 0 Å². The smallest absolute Gasteiger partial charge is 0.307 e. The van der Waals surface area contributed by atoms with E-state index in [2.05, 4.69) is 16.7 Å². The van der Waals surface area contributed by atoms with Crippen molar-refractivity contribution < 1.29 is 9.53 Å². The minimum atomic E-state index is -0.206. The molecule has 0 spiro atoms. The van der Waals surface area contributed by atoms with E-state index in [9.17, 15) is 4.79 Å². The summed E-state index contributed by atoms with van der Waals surface area (Å²) < 4.78 is 6.65. The summed E-state index contributed by atoms with van der Waals surface area (Å²) in [5, 5.41) is 6.95. The van der Waals surface area contributed by atoms with Crippen LogP contribution in [0.3, 0.4) is 0 Å². The van der Waals surface area contributed by atoms with Gasteiger partial charge < -0.3 is 4.74 Å². The maximum Gasteiger partial charge on any atom is 0.307 e.